The summed E-state index contributed by atoms with van der Waals surface area (Å²) in [6, 6.07) is 12.6. The summed E-state index contributed by atoms with van der Waals surface area (Å²) in [4.78, 5) is 12.8. The Morgan fingerprint density at radius 2 is 1.78 bits per heavy atom. The number of hydrogen-bond donors (Lipinski definition) is 3. The van der Waals surface area contributed by atoms with E-state index in [0.29, 0.717) is 21.1 Å². The minimum atomic E-state index is -0.387. The molecule has 4 N–H and O–H groups in total. The van der Waals surface area contributed by atoms with Gasteiger partial charge in [-0.05, 0) is 70.6 Å². The largest absolute Gasteiger partial charge is 0.435 e. The summed E-state index contributed by atoms with van der Waals surface area (Å²) in [5, 5.41) is 7.50. The molecule has 0 spiro atoms. The number of hydrogen-bond acceptors (Lipinski definition) is 4. The predicted octanol–water partition coefficient (Wildman–Crippen LogP) is 4.62. The number of carbonyl (C=O) groups is 1. The van der Waals surface area contributed by atoms with Crippen LogP contribution in [0, 0.1) is 0 Å². The molecule has 0 bridgehead atoms. The lowest BCUT2D eigenvalue weighted by Crippen LogP contribution is -2.29. The maximum absolute atomic E-state index is 12.8. The smallest absolute Gasteiger partial charge is 0.261 e. The molecule has 0 fully saturated rings. The fourth-order valence-corrected chi connectivity index (χ4v) is 3.90. The molecule has 3 aromatic rings. The van der Waals surface area contributed by atoms with E-state index < -0.39 is 0 Å². The number of rotatable bonds is 3. The Labute approximate surface area is 184 Å². The number of nitrogens with two attached hydrogens (primary N) is 1. The average molecular weight is 575 g/mol. The Balaban J connectivity index is 2.11. The van der Waals surface area contributed by atoms with Crippen LogP contribution in [-0.4, -0.2) is 11.0 Å². The molecule has 0 saturated carbocycles. The van der Waals surface area contributed by atoms with Crippen LogP contribution in [0.1, 0.15) is 10.4 Å². The summed E-state index contributed by atoms with van der Waals surface area (Å²) in [7, 11) is 0. The van der Waals surface area contributed by atoms with Gasteiger partial charge in [-0.3, -0.25) is 10.2 Å². The number of nitrogens with one attached hydrogen (secondary N) is 2. The molecule has 0 unspecified atom stereocenters. The quantitative estimate of drug-likeness (QED) is 0.314. The van der Waals surface area contributed by atoms with Crippen molar-refractivity contribution in [2.24, 2.45) is 10.8 Å². The van der Waals surface area contributed by atoms with E-state index in [4.69, 9.17) is 22.4 Å². The van der Waals surface area contributed by atoms with Crippen molar-refractivity contribution in [3.63, 3.8) is 0 Å². The second-order valence-electron chi connectivity index (χ2n) is 5.32. The molecule has 0 saturated heterocycles. The number of benzene rings is 2. The van der Waals surface area contributed by atoms with E-state index in [9.17, 15) is 4.79 Å². The van der Waals surface area contributed by atoms with Crippen LogP contribution < -0.4 is 22.0 Å². The molecule has 138 valence electrons. The molecule has 0 aliphatic heterocycles. The van der Waals surface area contributed by atoms with Crippen molar-refractivity contribution in [2.75, 3.05) is 5.32 Å². The van der Waals surface area contributed by atoms with Gasteiger partial charge in [0.1, 0.15) is 5.56 Å². The highest BCUT2D eigenvalue weighted by molar-refractivity contribution is 9.11. The lowest BCUT2D eigenvalue weighted by atomic mass is 10.1. The van der Waals surface area contributed by atoms with Crippen molar-refractivity contribution in [3.05, 3.63) is 67.0 Å². The fraction of sp³-hybridized carbons (Fsp3) is 0. The highest BCUT2D eigenvalue weighted by Crippen LogP contribution is 2.28. The zero-order valence-corrected chi connectivity index (χ0v) is 19.0. The second-order valence-corrected chi connectivity index (χ2v) is 8.45. The maximum atomic E-state index is 12.8. The van der Waals surface area contributed by atoms with Crippen molar-refractivity contribution in [1.82, 2.24) is 5.43 Å². The Hall–Kier alpha value is -1.75. The van der Waals surface area contributed by atoms with E-state index in [1.165, 1.54) is 0 Å². The molecule has 0 aliphatic carbocycles. The molecule has 3 rings (SSSR count). The van der Waals surface area contributed by atoms with Crippen LogP contribution in [0.5, 0.6) is 0 Å². The first-order chi connectivity index (χ1) is 12.8. The van der Waals surface area contributed by atoms with Gasteiger partial charge in [-0.15, -0.1) is 5.10 Å². The molecular weight excluding hydrogens is 564 g/mol. The minimum absolute atomic E-state index is 0.0422. The summed E-state index contributed by atoms with van der Waals surface area (Å²) >= 11 is 15.0. The third-order valence-corrected chi connectivity index (χ3v) is 5.05. The number of nitrogens with zero attached hydrogens (tertiary/aromatic N) is 1. The van der Waals surface area contributed by atoms with Crippen LogP contribution in [0.4, 0.5) is 5.69 Å². The minimum Gasteiger partial charge on any atom is -0.435 e. The van der Waals surface area contributed by atoms with E-state index in [1.54, 1.807) is 18.2 Å². The number of carbonyl (C=O) groups excluding carboxylic acids is 1. The molecular formula is C17H11Br3N4O2S. The Morgan fingerprint density at radius 1 is 1.07 bits per heavy atom. The van der Waals surface area contributed by atoms with Gasteiger partial charge in [0.25, 0.3) is 5.91 Å². The monoisotopic (exact) mass is 572 g/mol. The molecule has 1 amide bonds. The predicted molar refractivity (Wildman–Crippen MR) is 119 cm³/mol. The maximum Gasteiger partial charge on any atom is 0.261 e. The molecule has 0 aliphatic rings. The third kappa shape index (κ3) is 4.95. The first-order valence-corrected chi connectivity index (χ1v) is 10.2. The van der Waals surface area contributed by atoms with Crippen molar-refractivity contribution in [2.45, 2.75) is 0 Å². The van der Waals surface area contributed by atoms with Crippen LogP contribution in [-0.2, 0) is 0 Å². The average Bonchev–Trinajstić information content (AvgIpc) is 2.61. The Morgan fingerprint density at radius 3 is 2.44 bits per heavy atom. The van der Waals surface area contributed by atoms with Gasteiger partial charge >= 0.3 is 0 Å². The third-order valence-electron chi connectivity index (χ3n) is 3.38. The van der Waals surface area contributed by atoms with Gasteiger partial charge in [0.15, 0.2) is 10.7 Å². The van der Waals surface area contributed by atoms with Crippen LogP contribution in [0.25, 0.3) is 11.0 Å². The van der Waals surface area contributed by atoms with Crippen molar-refractivity contribution >= 4 is 87.7 Å². The molecule has 0 atom stereocenters. The van der Waals surface area contributed by atoms with E-state index in [0.717, 1.165) is 8.95 Å². The number of anilines is 1. The SMILES string of the molecule is NC(=S)NN=c1oc2c(Br)cc(Br)cc2cc1C(=O)Nc1ccc(Br)cc1. The van der Waals surface area contributed by atoms with Crippen LogP contribution in [0.15, 0.2) is 65.4 Å². The Bertz CT molecular complexity index is 1110. The molecule has 1 aromatic heterocycles. The van der Waals surface area contributed by atoms with Crippen LogP contribution >= 0.6 is 60.0 Å². The van der Waals surface area contributed by atoms with Crippen molar-refractivity contribution in [3.8, 4) is 0 Å². The molecule has 10 heteroatoms. The van der Waals surface area contributed by atoms with Crippen molar-refractivity contribution in [1.29, 1.82) is 0 Å². The number of thiocarbonyl (C=S) groups is 1. The first-order valence-electron chi connectivity index (χ1n) is 7.42. The topological polar surface area (TPSA) is 92.7 Å². The van der Waals surface area contributed by atoms with E-state index >= 15 is 0 Å². The van der Waals surface area contributed by atoms with Gasteiger partial charge in [-0.1, -0.05) is 31.9 Å². The van der Waals surface area contributed by atoms with E-state index in [2.05, 4.69) is 63.6 Å². The zero-order valence-electron chi connectivity index (χ0n) is 13.4. The van der Waals surface area contributed by atoms with Gasteiger partial charge in [0.05, 0.1) is 4.47 Å². The number of fused-ring (bicyclic) bond motifs is 1. The van der Waals surface area contributed by atoms with Crippen molar-refractivity contribution < 1.29 is 9.21 Å². The summed E-state index contributed by atoms with van der Waals surface area (Å²) in [5.74, 6) is -0.387. The highest BCUT2D eigenvalue weighted by Gasteiger charge is 2.15. The van der Waals surface area contributed by atoms with E-state index in [-0.39, 0.29) is 22.1 Å². The Kier molecular flexibility index (Phi) is 6.30. The second kappa shape index (κ2) is 8.51. The standard InChI is InChI=1S/C17H11Br3N4O2S/c18-9-1-3-11(4-2-9)22-15(25)12-6-8-5-10(19)7-13(20)14(8)26-16(12)23-24-17(21)27/h1-7H,(H,22,25)(H3,21,24,27). The summed E-state index contributed by atoms with van der Waals surface area (Å²) in [6.45, 7) is 0. The molecule has 27 heavy (non-hydrogen) atoms. The zero-order chi connectivity index (χ0) is 19.6. The number of amides is 1. The number of halogens is 3. The fourth-order valence-electron chi connectivity index (χ4n) is 2.25. The summed E-state index contributed by atoms with van der Waals surface area (Å²) in [5.41, 5.74) is 9.32. The molecule has 6 nitrogen and oxygen atoms in total. The van der Waals surface area contributed by atoms with Gasteiger partial charge in [-0.25, -0.2) is 0 Å². The first kappa shape index (κ1) is 20.0. The molecule has 0 radical (unpaired) electrons. The van der Waals surface area contributed by atoms with Crippen LogP contribution in [0.3, 0.4) is 0 Å². The van der Waals surface area contributed by atoms with Crippen LogP contribution in [0.2, 0.25) is 0 Å². The molecule has 2 aromatic carbocycles. The summed E-state index contributed by atoms with van der Waals surface area (Å²) in [6.07, 6.45) is 0. The van der Waals surface area contributed by atoms with Gasteiger partial charge in [-0.2, -0.15) is 0 Å². The van der Waals surface area contributed by atoms with Gasteiger partial charge in [0.2, 0.25) is 5.55 Å². The van der Waals surface area contributed by atoms with Gasteiger partial charge in [0, 0.05) is 20.0 Å². The normalized spacial score (nSPS) is 11.4. The van der Waals surface area contributed by atoms with Gasteiger partial charge < -0.3 is 15.5 Å². The lowest BCUT2D eigenvalue weighted by Gasteiger charge is -2.08. The summed E-state index contributed by atoms with van der Waals surface area (Å²) < 4.78 is 8.28. The molecule has 1 heterocycles. The lowest BCUT2D eigenvalue weighted by molar-refractivity contribution is 0.102. The van der Waals surface area contributed by atoms with E-state index in [1.807, 2.05) is 24.3 Å². The highest BCUT2D eigenvalue weighted by atomic mass is 79.9.